The Morgan fingerprint density at radius 1 is 1.11 bits per heavy atom. The van der Waals surface area contributed by atoms with Crippen LogP contribution in [0.5, 0.6) is 0 Å². The molecule has 0 aliphatic carbocycles. The van der Waals surface area contributed by atoms with E-state index in [4.69, 9.17) is 0 Å². The molecule has 0 radical (unpaired) electrons. The highest BCUT2D eigenvalue weighted by molar-refractivity contribution is 5.88. The molecule has 4 aromatic heterocycles. The quantitative estimate of drug-likeness (QED) is 0.560. The molecule has 4 aromatic rings. The molecule has 19 heavy (non-hydrogen) atoms. The van der Waals surface area contributed by atoms with Crippen LogP contribution in [0.15, 0.2) is 37.1 Å². The normalized spacial score (nSPS) is 11.4. The van der Waals surface area contributed by atoms with Crippen molar-refractivity contribution in [3.63, 3.8) is 0 Å². The van der Waals surface area contributed by atoms with E-state index in [-0.39, 0.29) is 0 Å². The van der Waals surface area contributed by atoms with E-state index < -0.39 is 0 Å². The van der Waals surface area contributed by atoms with Crippen LogP contribution in [-0.2, 0) is 0 Å². The molecule has 0 amide bonds. The van der Waals surface area contributed by atoms with Crippen LogP contribution >= 0.6 is 0 Å². The van der Waals surface area contributed by atoms with Gasteiger partial charge < -0.3 is 0 Å². The number of aryl methyl sites for hydroxylation is 1. The number of pyridine rings is 2. The lowest BCUT2D eigenvalue weighted by molar-refractivity contribution is 0.914. The van der Waals surface area contributed by atoms with Crippen LogP contribution in [0.1, 0.15) is 5.56 Å². The van der Waals surface area contributed by atoms with Gasteiger partial charge in [0.25, 0.3) is 0 Å². The first kappa shape index (κ1) is 10.2. The van der Waals surface area contributed by atoms with Crippen molar-refractivity contribution >= 4 is 21.9 Å². The van der Waals surface area contributed by atoms with Crippen molar-refractivity contribution in [1.29, 1.82) is 0 Å². The Bertz CT molecular complexity index is 888. The molecule has 0 aliphatic heterocycles. The number of rotatable bonds is 1. The van der Waals surface area contributed by atoms with Crippen molar-refractivity contribution in [2.24, 2.45) is 0 Å². The molecule has 6 nitrogen and oxygen atoms in total. The topological polar surface area (TPSA) is 72.3 Å². The molecule has 0 saturated carbocycles. The second kappa shape index (κ2) is 3.61. The Kier molecular flexibility index (Phi) is 1.94. The SMILES string of the molecule is Cc1cncc2c1cnn2-c1ccnc2[nH]ncc12. The van der Waals surface area contributed by atoms with Gasteiger partial charge in [-0.2, -0.15) is 10.2 Å². The van der Waals surface area contributed by atoms with E-state index in [1.165, 1.54) is 0 Å². The predicted molar refractivity (Wildman–Crippen MR) is 71.0 cm³/mol. The van der Waals surface area contributed by atoms with Gasteiger partial charge in [0.1, 0.15) is 0 Å². The van der Waals surface area contributed by atoms with E-state index in [9.17, 15) is 0 Å². The maximum atomic E-state index is 4.46. The van der Waals surface area contributed by atoms with Crippen molar-refractivity contribution < 1.29 is 0 Å². The zero-order valence-electron chi connectivity index (χ0n) is 10.2. The van der Waals surface area contributed by atoms with Crippen LogP contribution in [0.3, 0.4) is 0 Å². The van der Waals surface area contributed by atoms with Gasteiger partial charge in [0, 0.05) is 17.8 Å². The van der Waals surface area contributed by atoms with Gasteiger partial charge in [-0.05, 0) is 18.6 Å². The van der Waals surface area contributed by atoms with E-state index in [0.717, 1.165) is 33.2 Å². The molecule has 6 heteroatoms. The molecule has 0 aliphatic rings. The second-order valence-electron chi connectivity index (χ2n) is 4.41. The summed E-state index contributed by atoms with van der Waals surface area (Å²) >= 11 is 0. The number of hydrogen-bond acceptors (Lipinski definition) is 4. The van der Waals surface area contributed by atoms with Gasteiger partial charge in [-0.15, -0.1) is 0 Å². The molecular weight excluding hydrogens is 240 g/mol. The molecule has 0 unspecified atom stereocenters. The van der Waals surface area contributed by atoms with Gasteiger partial charge in [-0.25, -0.2) is 9.67 Å². The predicted octanol–water partition coefficient (Wildman–Crippen LogP) is 2.00. The second-order valence-corrected chi connectivity index (χ2v) is 4.41. The Hall–Kier alpha value is -2.76. The van der Waals surface area contributed by atoms with Gasteiger partial charge in [-0.3, -0.25) is 10.1 Å². The number of aromatic amines is 1. The minimum atomic E-state index is 0.752. The van der Waals surface area contributed by atoms with Crippen LogP contribution in [0, 0.1) is 6.92 Å². The average molecular weight is 250 g/mol. The smallest absolute Gasteiger partial charge is 0.157 e. The summed E-state index contributed by atoms with van der Waals surface area (Å²) in [5.74, 6) is 0. The Morgan fingerprint density at radius 2 is 2.05 bits per heavy atom. The maximum Gasteiger partial charge on any atom is 0.157 e. The van der Waals surface area contributed by atoms with Crippen LogP contribution in [0.25, 0.3) is 27.6 Å². The first-order valence-corrected chi connectivity index (χ1v) is 5.91. The number of aromatic nitrogens is 6. The lowest BCUT2D eigenvalue weighted by Crippen LogP contribution is -1.97. The van der Waals surface area contributed by atoms with Crippen LogP contribution in [0.4, 0.5) is 0 Å². The third-order valence-electron chi connectivity index (χ3n) is 3.26. The number of nitrogens with zero attached hydrogens (tertiary/aromatic N) is 5. The lowest BCUT2D eigenvalue weighted by Gasteiger charge is -2.04. The summed E-state index contributed by atoms with van der Waals surface area (Å²) in [6.07, 6.45) is 9.02. The fraction of sp³-hybridized carbons (Fsp3) is 0.0769. The molecule has 92 valence electrons. The zero-order chi connectivity index (χ0) is 12.8. The van der Waals surface area contributed by atoms with Crippen LogP contribution in [0.2, 0.25) is 0 Å². The largest absolute Gasteiger partial charge is 0.262 e. The van der Waals surface area contributed by atoms with E-state index in [0.29, 0.717) is 0 Å². The highest BCUT2D eigenvalue weighted by Gasteiger charge is 2.11. The fourth-order valence-corrected chi connectivity index (χ4v) is 2.29. The van der Waals surface area contributed by atoms with Crippen molar-refractivity contribution in [1.82, 2.24) is 29.9 Å². The summed E-state index contributed by atoms with van der Waals surface area (Å²) in [5, 5.41) is 13.4. The van der Waals surface area contributed by atoms with Gasteiger partial charge in [0.15, 0.2) is 5.65 Å². The summed E-state index contributed by atoms with van der Waals surface area (Å²) in [6.45, 7) is 2.03. The molecule has 1 N–H and O–H groups in total. The Balaban J connectivity index is 2.10. The summed E-state index contributed by atoms with van der Waals surface area (Å²) in [7, 11) is 0. The molecule has 4 heterocycles. The molecule has 0 fully saturated rings. The molecular formula is C13H10N6. The first-order valence-electron chi connectivity index (χ1n) is 5.91. The van der Waals surface area contributed by atoms with Gasteiger partial charge in [0.05, 0.1) is 35.2 Å². The molecule has 4 rings (SSSR count). The zero-order valence-corrected chi connectivity index (χ0v) is 10.2. The van der Waals surface area contributed by atoms with Crippen LogP contribution < -0.4 is 0 Å². The highest BCUT2D eigenvalue weighted by Crippen LogP contribution is 2.23. The van der Waals surface area contributed by atoms with Gasteiger partial charge in [0.2, 0.25) is 0 Å². The number of hydrogen-bond donors (Lipinski definition) is 1. The summed E-state index contributed by atoms with van der Waals surface area (Å²) in [6, 6.07) is 1.92. The van der Waals surface area contributed by atoms with E-state index in [1.807, 2.05) is 36.3 Å². The summed E-state index contributed by atoms with van der Waals surface area (Å²) in [5.41, 5.74) is 3.79. The molecule has 0 aromatic carbocycles. The van der Waals surface area contributed by atoms with Crippen molar-refractivity contribution in [2.45, 2.75) is 6.92 Å². The van der Waals surface area contributed by atoms with Gasteiger partial charge >= 0.3 is 0 Å². The molecule has 0 bridgehead atoms. The number of nitrogens with one attached hydrogen (secondary N) is 1. The Morgan fingerprint density at radius 3 is 3.00 bits per heavy atom. The number of H-pyrrole nitrogens is 1. The molecule has 0 saturated heterocycles. The third kappa shape index (κ3) is 1.36. The standard InChI is InChI=1S/C13H10N6/c1-8-4-14-7-12-9(8)6-17-19(12)11-2-3-15-13-10(11)5-16-18-13/h2-7H,1H3,(H,15,16,18). The van der Waals surface area contributed by atoms with Crippen molar-refractivity contribution in [2.75, 3.05) is 0 Å². The molecule has 0 atom stereocenters. The van der Waals surface area contributed by atoms with E-state index >= 15 is 0 Å². The van der Waals surface area contributed by atoms with Crippen molar-refractivity contribution in [3.8, 4) is 5.69 Å². The maximum absolute atomic E-state index is 4.46. The van der Waals surface area contributed by atoms with E-state index in [1.54, 1.807) is 12.4 Å². The monoisotopic (exact) mass is 250 g/mol. The summed E-state index contributed by atoms with van der Waals surface area (Å²) < 4.78 is 1.87. The Labute approximate surface area is 108 Å². The van der Waals surface area contributed by atoms with Gasteiger partial charge in [-0.1, -0.05) is 0 Å². The minimum absolute atomic E-state index is 0.752. The lowest BCUT2D eigenvalue weighted by atomic mass is 10.2. The minimum Gasteiger partial charge on any atom is -0.262 e. The van der Waals surface area contributed by atoms with Crippen LogP contribution in [-0.4, -0.2) is 29.9 Å². The highest BCUT2D eigenvalue weighted by atomic mass is 15.3. The fourth-order valence-electron chi connectivity index (χ4n) is 2.29. The molecule has 0 spiro atoms. The van der Waals surface area contributed by atoms with Crippen molar-refractivity contribution in [3.05, 3.63) is 42.6 Å². The number of fused-ring (bicyclic) bond motifs is 2. The van der Waals surface area contributed by atoms with E-state index in [2.05, 4.69) is 25.3 Å². The first-order chi connectivity index (χ1) is 9.34. The summed E-state index contributed by atoms with van der Waals surface area (Å²) in [4.78, 5) is 8.47. The third-order valence-corrected chi connectivity index (χ3v) is 3.26. The average Bonchev–Trinajstić information content (AvgIpc) is 3.05.